The Morgan fingerprint density at radius 2 is 2.38 bits per heavy atom. The van der Waals surface area contributed by atoms with E-state index in [4.69, 9.17) is 4.74 Å². The molecule has 1 saturated heterocycles. The van der Waals surface area contributed by atoms with Crippen LogP contribution in [0.5, 0.6) is 0 Å². The van der Waals surface area contributed by atoms with Crippen LogP contribution >= 0.6 is 0 Å². The minimum absolute atomic E-state index is 0.0161. The monoisotopic (exact) mass is 181 g/mol. The fourth-order valence-corrected chi connectivity index (χ4v) is 1.28. The van der Waals surface area contributed by atoms with Gasteiger partial charge >= 0.3 is 0 Å². The van der Waals surface area contributed by atoms with Gasteiger partial charge in [-0.3, -0.25) is 4.79 Å². The Morgan fingerprint density at radius 1 is 1.69 bits per heavy atom. The van der Waals surface area contributed by atoms with Crippen molar-refractivity contribution in [3.8, 4) is 0 Å². The number of nitrogens with zero attached hydrogens (tertiary/aromatic N) is 1. The standard InChI is InChI=1S/C10H15NO2/c1-4-10(12)11-5-6-13-9(7-11)8(2)3/h4,9H,1-2,5-7H2,3H3. The molecule has 0 aromatic carbocycles. The third-order valence-electron chi connectivity index (χ3n) is 2.10. The first-order valence-corrected chi connectivity index (χ1v) is 4.33. The average molecular weight is 181 g/mol. The Kier molecular flexibility index (Phi) is 3.25. The summed E-state index contributed by atoms with van der Waals surface area (Å²) in [4.78, 5) is 13.0. The van der Waals surface area contributed by atoms with E-state index in [0.717, 1.165) is 5.57 Å². The summed E-state index contributed by atoms with van der Waals surface area (Å²) in [6.45, 7) is 11.0. The Morgan fingerprint density at radius 3 is 2.92 bits per heavy atom. The molecule has 0 spiro atoms. The summed E-state index contributed by atoms with van der Waals surface area (Å²) in [5.41, 5.74) is 0.960. The second kappa shape index (κ2) is 4.23. The van der Waals surface area contributed by atoms with Crippen LogP contribution in [0.1, 0.15) is 6.92 Å². The highest BCUT2D eigenvalue weighted by Crippen LogP contribution is 2.11. The van der Waals surface area contributed by atoms with Crippen LogP contribution in [0.4, 0.5) is 0 Å². The van der Waals surface area contributed by atoms with Gasteiger partial charge in [0.25, 0.3) is 0 Å². The predicted molar refractivity (Wildman–Crippen MR) is 51.3 cm³/mol. The van der Waals surface area contributed by atoms with Gasteiger partial charge in [-0.2, -0.15) is 0 Å². The molecule has 0 aromatic rings. The first kappa shape index (κ1) is 9.99. The van der Waals surface area contributed by atoms with Crippen LogP contribution in [-0.4, -0.2) is 36.6 Å². The van der Waals surface area contributed by atoms with Crippen molar-refractivity contribution < 1.29 is 9.53 Å². The molecule has 0 aromatic heterocycles. The van der Waals surface area contributed by atoms with Crippen molar-refractivity contribution in [2.75, 3.05) is 19.7 Å². The van der Waals surface area contributed by atoms with Crippen LogP contribution < -0.4 is 0 Å². The summed E-state index contributed by atoms with van der Waals surface area (Å²) in [6.07, 6.45) is 1.32. The lowest BCUT2D eigenvalue weighted by atomic mass is 10.1. The van der Waals surface area contributed by atoms with Crippen molar-refractivity contribution in [3.05, 3.63) is 24.8 Å². The molecule has 1 atom stereocenters. The van der Waals surface area contributed by atoms with Gasteiger partial charge < -0.3 is 9.64 Å². The lowest BCUT2D eigenvalue weighted by molar-refractivity contribution is -0.132. The Bertz CT molecular complexity index is 235. The molecule has 1 aliphatic heterocycles. The zero-order chi connectivity index (χ0) is 9.84. The largest absolute Gasteiger partial charge is 0.370 e. The second-order valence-corrected chi connectivity index (χ2v) is 3.19. The van der Waals surface area contributed by atoms with Crippen molar-refractivity contribution in [1.82, 2.24) is 4.90 Å². The van der Waals surface area contributed by atoms with Gasteiger partial charge in [0.05, 0.1) is 19.3 Å². The number of rotatable bonds is 2. The van der Waals surface area contributed by atoms with E-state index in [9.17, 15) is 4.79 Å². The summed E-state index contributed by atoms with van der Waals surface area (Å²) in [5, 5.41) is 0. The van der Waals surface area contributed by atoms with Crippen molar-refractivity contribution in [1.29, 1.82) is 0 Å². The van der Waals surface area contributed by atoms with Gasteiger partial charge in [-0.15, -0.1) is 0 Å². The van der Waals surface area contributed by atoms with E-state index in [1.54, 1.807) is 4.90 Å². The van der Waals surface area contributed by atoms with Crippen molar-refractivity contribution >= 4 is 5.91 Å². The average Bonchev–Trinajstić information content (AvgIpc) is 2.17. The van der Waals surface area contributed by atoms with Gasteiger partial charge in [-0.1, -0.05) is 18.7 Å². The summed E-state index contributed by atoms with van der Waals surface area (Å²) in [7, 11) is 0. The van der Waals surface area contributed by atoms with Gasteiger partial charge in [0, 0.05) is 6.54 Å². The molecule has 0 N–H and O–H groups in total. The maximum absolute atomic E-state index is 11.3. The highest BCUT2D eigenvalue weighted by Gasteiger charge is 2.22. The van der Waals surface area contributed by atoms with Crippen LogP contribution in [0.2, 0.25) is 0 Å². The highest BCUT2D eigenvalue weighted by atomic mass is 16.5. The number of ether oxygens (including phenoxy) is 1. The summed E-state index contributed by atoms with van der Waals surface area (Å²) in [6, 6.07) is 0. The van der Waals surface area contributed by atoms with E-state index in [1.165, 1.54) is 6.08 Å². The smallest absolute Gasteiger partial charge is 0.246 e. The zero-order valence-electron chi connectivity index (χ0n) is 7.95. The summed E-state index contributed by atoms with van der Waals surface area (Å²) in [5.74, 6) is -0.0328. The number of hydrogen-bond acceptors (Lipinski definition) is 2. The third kappa shape index (κ3) is 2.42. The molecule has 0 radical (unpaired) electrons. The molecule has 0 saturated carbocycles. The van der Waals surface area contributed by atoms with E-state index in [2.05, 4.69) is 13.2 Å². The van der Waals surface area contributed by atoms with Gasteiger partial charge in [-0.25, -0.2) is 0 Å². The molecule has 0 aliphatic carbocycles. The molecule has 72 valence electrons. The maximum atomic E-state index is 11.3. The van der Waals surface area contributed by atoms with Gasteiger partial charge in [0.1, 0.15) is 0 Å². The number of amides is 1. The topological polar surface area (TPSA) is 29.5 Å². The van der Waals surface area contributed by atoms with E-state index in [1.807, 2.05) is 6.92 Å². The molecule has 13 heavy (non-hydrogen) atoms. The van der Waals surface area contributed by atoms with E-state index >= 15 is 0 Å². The summed E-state index contributed by atoms with van der Waals surface area (Å²) < 4.78 is 5.44. The van der Waals surface area contributed by atoms with Crippen LogP contribution in [-0.2, 0) is 9.53 Å². The minimum Gasteiger partial charge on any atom is -0.370 e. The molecule has 1 amide bonds. The molecule has 0 bridgehead atoms. The number of carbonyl (C=O) groups excluding carboxylic acids is 1. The molecular formula is C10H15NO2. The van der Waals surface area contributed by atoms with Crippen molar-refractivity contribution in [2.45, 2.75) is 13.0 Å². The van der Waals surface area contributed by atoms with Crippen molar-refractivity contribution in [2.24, 2.45) is 0 Å². The molecule has 1 fully saturated rings. The first-order chi connectivity index (χ1) is 6.15. The molecule has 1 aliphatic rings. The second-order valence-electron chi connectivity index (χ2n) is 3.19. The Hall–Kier alpha value is -1.09. The lowest BCUT2D eigenvalue weighted by Gasteiger charge is -2.32. The Balaban J connectivity index is 2.56. The van der Waals surface area contributed by atoms with Gasteiger partial charge in [-0.05, 0) is 13.0 Å². The van der Waals surface area contributed by atoms with Gasteiger partial charge in [0.2, 0.25) is 5.91 Å². The fourth-order valence-electron chi connectivity index (χ4n) is 1.28. The number of carbonyl (C=O) groups is 1. The fraction of sp³-hybridized carbons (Fsp3) is 0.500. The normalized spacial score (nSPS) is 22.5. The van der Waals surface area contributed by atoms with E-state index < -0.39 is 0 Å². The van der Waals surface area contributed by atoms with E-state index in [-0.39, 0.29) is 12.0 Å². The molecule has 1 heterocycles. The minimum atomic E-state index is -0.0328. The van der Waals surface area contributed by atoms with Crippen LogP contribution in [0.15, 0.2) is 24.8 Å². The van der Waals surface area contributed by atoms with Crippen LogP contribution in [0.25, 0.3) is 0 Å². The molecule has 1 rings (SSSR count). The first-order valence-electron chi connectivity index (χ1n) is 4.33. The molecule has 1 unspecified atom stereocenters. The SMILES string of the molecule is C=CC(=O)N1CCOC(C(=C)C)C1. The zero-order valence-corrected chi connectivity index (χ0v) is 7.95. The van der Waals surface area contributed by atoms with Gasteiger partial charge in [0.15, 0.2) is 0 Å². The molecule has 3 heteroatoms. The molecular weight excluding hydrogens is 166 g/mol. The number of morpholine rings is 1. The summed E-state index contributed by atoms with van der Waals surface area (Å²) >= 11 is 0. The predicted octanol–water partition coefficient (Wildman–Crippen LogP) is 0.976. The van der Waals surface area contributed by atoms with Crippen molar-refractivity contribution in [3.63, 3.8) is 0 Å². The van der Waals surface area contributed by atoms with E-state index in [0.29, 0.717) is 19.7 Å². The van der Waals surface area contributed by atoms with Crippen LogP contribution in [0.3, 0.4) is 0 Å². The Labute approximate surface area is 78.7 Å². The molecule has 3 nitrogen and oxygen atoms in total. The lowest BCUT2D eigenvalue weighted by Crippen LogP contribution is -2.45. The highest BCUT2D eigenvalue weighted by molar-refractivity contribution is 5.87. The quantitative estimate of drug-likeness (QED) is 0.469. The van der Waals surface area contributed by atoms with Crippen LogP contribution in [0, 0.1) is 0 Å². The number of hydrogen-bond donors (Lipinski definition) is 0. The third-order valence-corrected chi connectivity index (χ3v) is 2.10. The maximum Gasteiger partial charge on any atom is 0.246 e.